The van der Waals surface area contributed by atoms with Crippen LogP contribution in [0.5, 0.6) is 0 Å². The van der Waals surface area contributed by atoms with Crippen molar-refractivity contribution in [2.45, 2.75) is 168 Å². The Kier molecular flexibility index (Phi) is 28.0. The maximum Gasteiger partial charge on any atom is 0.253 e. The van der Waals surface area contributed by atoms with Gasteiger partial charge in [-0.05, 0) is 88.0 Å². The molecule has 438 valence electrons. The lowest BCUT2D eigenvalue weighted by molar-refractivity contribution is -0.144. The summed E-state index contributed by atoms with van der Waals surface area (Å²) in [4.78, 5) is 112. The fraction of sp³-hybridized carbons (Fsp3) is 0.633. The molecule has 0 spiro atoms. The normalized spacial score (nSPS) is 17.6. The monoisotopic (exact) mass is 1100 g/mol. The Bertz CT molecular complexity index is 2280. The summed E-state index contributed by atoms with van der Waals surface area (Å²) in [5.41, 5.74) is 6.97. The predicted molar refractivity (Wildman–Crippen MR) is 302 cm³/mol. The maximum absolute atomic E-state index is 14.6. The SMILES string of the molecule is CC[C@H](C)[C@@H]([C@@H](CC(=O)N1CCC[C@H]1[C@H](OC)[C@@H](C)C(=O)N[C@@H](COCc1ccccc1)Cc1ccccc1)OC)N(C)[C@H](C(=O)NC(=O)[C@H](C(C)C)N(C)CCCC(=O)NNC(=O)CCCCCN1C(=O)C=CC1=O)C(C)C. The van der Waals surface area contributed by atoms with Crippen molar-refractivity contribution in [3.8, 4) is 0 Å². The zero-order valence-electron chi connectivity index (χ0n) is 48.9. The zero-order valence-corrected chi connectivity index (χ0v) is 48.9. The smallest absolute Gasteiger partial charge is 0.253 e. The third-order valence-electron chi connectivity index (χ3n) is 15.4. The standard InChI is InChI=1S/C60H92N8O11/c1-12-42(6)56(48(77-10)37-53(73)67-35-22-28-47(67)57(78-11)43(7)58(74)61-46(36-44-24-16-13-17-25-44)39-79-38-45-26-18-14-19-27-45)66(9)55(41(4)5)60(76)62-59(75)54(40(2)3)65(8)33-23-30-50(70)64-63-49(69)29-20-15-21-34-68-51(71)31-32-52(68)72/h13-14,16-19,24-27,31-32,40-43,46-48,54-57H,12,15,20-23,28-30,33-39H2,1-11H3,(H,61,74)(H,63,69)(H,64,70)(H,62,75,76)/t42-,43+,46+,47-,48+,54-,55-,56-,57+/m0/s1. The molecule has 4 N–H and O–H groups in total. The number of carbonyl (C=O) groups excluding carboxylic acids is 8. The van der Waals surface area contributed by atoms with E-state index >= 15 is 0 Å². The number of nitrogens with zero attached hydrogens (tertiary/aromatic N) is 4. The Morgan fingerprint density at radius 2 is 1.30 bits per heavy atom. The highest BCUT2D eigenvalue weighted by Crippen LogP contribution is 2.31. The van der Waals surface area contributed by atoms with E-state index in [-0.39, 0.29) is 85.2 Å². The van der Waals surface area contributed by atoms with Gasteiger partial charge in [0.1, 0.15) is 0 Å². The van der Waals surface area contributed by atoms with Crippen LogP contribution in [0.3, 0.4) is 0 Å². The van der Waals surface area contributed by atoms with Gasteiger partial charge in [-0.2, -0.15) is 0 Å². The molecule has 2 aliphatic rings. The van der Waals surface area contributed by atoms with E-state index in [9.17, 15) is 38.4 Å². The van der Waals surface area contributed by atoms with Gasteiger partial charge >= 0.3 is 0 Å². The van der Waals surface area contributed by atoms with Crippen LogP contribution in [0.15, 0.2) is 72.8 Å². The van der Waals surface area contributed by atoms with E-state index in [2.05, 4.69) is 35.3 Å². The lowest BCUT2D eigenvalue weighted by Crippen LogP contribution is -2.60. The Hall–Kier alpha value is -5.86. The molecule has 19 nitrogen and oxygen atoms in total. The molecule has 0 unspecified atom stereocenters. The second-order valence-electron chi connectivity index (χ2n) is 22.1. The molecule has 2 heterocycles. The number of nitrogens with one attached hydrogen (secondary N) is 4. The number of imide groups is 2. The first-order valence-electron chi connectivity index (χ1n) is 28.4. The average molecular weight is 1100 g/mol. The number of likely N-dealkylation sites (N-methyl/N-ethyl adjacent to an activating group) is 2. The molecule has 2 aliphatic heterocycles. The summed E-state index contributed by atoms with van der Waals surface area (Å²) in [6.07, 6.45) is 6.28. The first-order valence-corrected chi connectivity index (χ1v) is 28.4. The van der Waals surface area contributed by atoms with Gasteiger partial charge in [0.05, 0.1) is 61.9 Å². The Balaban J connectivity index is 1.34. The van der Waals surface area contributed by atoms with Gasteiger partial charge in [0.25, 0.3) is 11.8 Å². The first-order chi connectivity index (χ1) is 37.7. The topological polar surface area (TPSA) is 225 Å². The van der Waals surface area contributed by atoms with Gasteiger partial charge in [-0.1, -0.05) is 122 Å². The van der Waals surface area contributed by atoms with Crippen LogP contribution in [0, 0.1) is 23.7 Å². The first kappa shape index (κ1) is 65.7. The zero-order chi connectivity index (χ0) is 58.2. The molecule has 0 radical (unpaired) electrons. The molecule has 2 aromatic rings. The summed E-state index contributed by atoms with van der Waals surface area (Å²) < 4.78 is 18.4. The number of methoxy groups -OCH3 is 2. The molecule has 0 saturated carbocycles. The predicted octanol–water partition coefficient (Wildman–Crippen LogP) is 5.36. The minimum Gasteiger partial charge on any atom is -0.379 e. The highest BCUT2D eigenvalue weighted by molar-refractivity contribution is 6.12. The van der Waals surface area contributed by atoms with Crippen molar-refractivity contribution >= 4 is 47.3 Å². The molecular weight excluding hydrogens is 1010 g/mol. The molecule has 79 heavy (non-hydrogen) atoms. The fourth-order valence-corrected chi connectivity index (χ4v) is 11.2. The van der Waals surface area contributed by atoms with Crippen LogP contribution in [-0.2, 0) is 65.6 Å². The largest absolute Gasteiger partial charge is 0.379 e. The fourth-order valence-electron chi connectivity index (χ4n) is 11.2. The highest BCUT2D eigenvalue weighted by Gasteiger charge is 2.44. The maximum atomic E-state index is 14.6. The van der Waals surface area contributed by atoms with Gasteiger partial charge in [-0.3, -0.25) is 69.2 Å². The van der Waals surface area contributed by atoms with Crippen molar-refractivity contribution in [1.82, 2.24) is 41.1 Å². The lowest BCUT2D eigenvalue weighted by atomic mass is 9.87. The van der Waals surface area contributed by atoms with Gasteiger partial charge in [-0.25, -0.2) is 0 Å². The molecule has 2 aromatic carbocycles. The van der Waals surface area contributed by atoms with E-state index in [1.54, 1.807) is 21.3 Å². The van der Waals surface area contributed by atoms with E-state index in [1.807, 2.05) is 117 Å². The molecular formula is C60H92N8O11. The van der Waals surface area contributed by atoms with Crippen molar-refractivity contribution in [2.24, 2.45) is 23.7 Å². The van der Waals surface area contributed by atoms with Crippen LogP contribution in [0.2, 0.25) is 0 Å². The van der Waals surface area contributed by atoms with Gasteiger partial charge < -0.3 is 24.4 Å². The van der Waals surface area contributed by atoms with Crippen LogP contribution in [0.25, 0.3) is 0 Å². The molecule has 9 atom stereocenters. The highest BCUT2D eigenvalue weighted by atomic mass is 16.5. The van der Waals surface area contributed by atoms with Crippen LogP contribution < -0.4 is 21.5 Å². The van der Waals surface area contributed by atoms with E-state index in [1.165, 1.54) is 12.2 Å². The number of amides is 8. The number of carbonyl (C=O) groups is 8. The van der Waals surface area contributed by atoms with Crippen LogP contribution in [-0.4, -0.2) is 164 Å². The third-order valence-corrected chi connectivity index (χ3v) is 15.4. The van der Waals surface area contributed by atoms with Gasteiger partial charge in [-0.15, -0.1) is 0 Å². The van der Waals surface area contributed by atoms with Crippen LogP contribution in [0.1, 0.15) is 124 Å². The summed E-state index contributed by atoms with van der Waals surface area (Å²) in [7, 11) is 6.78. The second-order valence-corrected chi connectivity index (χ2v) is 22.1. The van der Waals surface area contributed by atoms with Crippen molar-refractivity contribution in [3.05, 3.63) is 83.9 Å². The number of hydrogen-bond donors (Lipinski definition) is 4. The van der Waals surface area contributed by atoms with E-state index in [0.29, 0.717) is 64.8 Å². The average Bonchev–Trinajstić information content (AvgIpc) is 4.12. The number of rotatable bonds is 34. The van der Waals surface area contributed by atoms with Crippen LogP contribution in [0.4, 0.5) is 0 Å². The van der Waals surface area contributed by atoms with Gasteiger partial charge in [0, 0.05) is 58.3 Å². The molecule has 1 fully saturated rings. The summed E-state index contributed by atoms with van der Waals surface area (Å²) in [6.45, 7) is 15.5. The third kappa shape index (κ3) is 20.3. The van der Waals surface area contributed by atoms with Crippen molar-refractivity contribution in [1.29, 1.82) is 0 Å². The number of likely N-dealkylation sites (tertiary alicyclic amines) is 1. The van der Waals surface area contributed by atoms with Crippen LogP contribution >= 0.6 is 0 Å². The van der Waals surface area contributed by atoms with E-state index < -0.39 is 54.0 Å². The molecule has 8 amide bonds. The number of hydrazine groups is 1. The van der Waals surface area contributed by atoms with E-state index in [0.717, 1.165) is 28.9 Å². The Morgan fingerprint density at radius 1 is 0.722 bits per heavy atom. The number of ether oxygens (including phenoxy) is 3. The molecule has 1 saturated heterocycles. The minimum absolute atomic E-state index is 0.0182. The second kappa shape index (κ2) is 33.7. The van der Waals surface area contributed by atoms with Crippen molar-refractivity contribution in [3.63, 3.8) is 0 Å². The number of benzene rings is 2. The molecule has 0 aliphatic carbocycles. The minimum atomic E-state index is -0.775. The van der Waals surface area contributed by atoms with Crippen molar-refractivity contribution < 1.29 is 52.6 Å². The molecule has 19 heteroatoms. The Labute approximate surface area is 469 Å². The van der Waals surface area contributed by atoms with Gasteiger partial charge in [0.2, 0.25) is 35.4 Å². The summed E-state index contributed by atoms with van der Waals surface area (Å²) in [5, 5.41) is 5.97. The summed E-state index contributed by atoms with van der Waals surface area (Å²) in [5.74, 6) is -3.77. The quantitative estimate of drug-likeness (QED) is 0.0394. The molecule has 0 aromatic heterocycles. The van der Waals surface area contributed by atoms with E-state index in [4.69, 9.17) is 14.2 Å². The summed E-state index contributed by atoms with van der Waals surface area (Å²) >= 11 is 0. The molecule has 0 bridgehead atoms. The van der Waals surface area contributed by atoms with Crippen molar-refractivity contribution in [2.75, 3.05) is 54.6 Å². The lowest BCUT2D eigenvalue weighted by Gasteiger charge is -2.43. The summed E-state index contributed by atoms with van der Waals surface area (Å²) in [6, 6.07) is 17.3. The molecule has 4 rings (SSSR count). The number of hydrogen-bond acceptors (Lipinski definition) is 13. The number of unbranched alkanes of at least 4 members (excludes halogenated alkanes) is 2. The van der Waals surface area contributed by atoms with Gasteiger partial charge in [0.15, 0.2) is 0 Å². The Morgan fingerprint density at radius 3 is 1.87 bits per heavy atom.